The molecular formula is C19H19F2Y-. The summed E-state index contributed by atoms with van der Waals surface area (Å²) in [7, 11) is 0. The summed E-state index contributed by atoms with van der Waals surface area (Å²) in [5.41, 5.74) is 1.44. The Morgan fingerprint density at radius 2 is 1.50 bits per heavy atom. The average Bonchev–Trinajstić information content (AvgIpc) is 2.48. The van der Waals surface area contributed by atoms with E-state index in [0.29, 0.717) is 11.5 Å². The molecule has 1 radical (unpaired) electrons. The molecular weight excluding hydrogens is 355 g/mol. The fraction of sp³-hybridized carbons (Fsp3) is 0.368. The van der Waals surface area contributed by atoms with Crippen LogP contribution in [0.4, 0.5) is 8.78 Å². The second-order valence-electron chi connectivity index (χ2n) is 6.11. The van der Waals surface area contributed by atoms with E-state index in [1.54, 1.807) is 24.3 Å². The van der Waals surface area contributed by atoms with Crippen LogP contribution in [0.2, 0.25) is 0 Å². The normalized spacial score (nSPS) is 21.2. The Kier molecular flexibility index (Phi) is 6.29. The van der Waals surface area contributed by atoms with Crippen molar-refractivity contribution >= 4 is 0 Å². The standard InChI is InChI=1S/C19H19F2.Y/c1-13-7-9-14(10-8-13)16-11-17(20)19(18(21)12-16)15-5-3-2-4-6-15;/h3-6,11-14H,7-10H2,1H3;/q-1;. The van der Waals surface area contributed by atoms with Crippen LogP contribution in [-0.4, -0.2) is 0 Å². The molecule has 113 valence electrons. The Morgan fingerprint density at radius 3 is 2.05 bits per heavy atom. The van der Waals surface area contributed by atoms with Crippen molar-refractivity contribution in [3.05, 3.63) is 59.7 Å². The van der Waals surface area contributed by atoms with Gasteiger partial charge < -0.3 is 0 Å². The van der Waals surface area contributed by atoms with Crippen LogP contribution in [0.5, 0.6) is 0 Å². The summed E-state index contributed by atoms with van der Waals surface area (Å²) < 4.78 is 28.8. The molecule has 0 nitrogen and oxygen atoms in total. The summed E-state index contributed by atoms with van der Waals surface area (Å²) in [6, 6.07) is 12.6. The molecule has 0 aliphatic heterocycles. The van der Waals surface area contributed by atoms with Crippen LogP contribution >= 0.6 is 0 Å². The quantitative estimate of drug-likeness (QED) is 0.590. The molecule has 2 aromatic carbocycles. The summed E-state index contributed by atoms with van der Waals surface area (Å²) in [4.78, 5) is 0. The maximum Gasteiger partial charge on any atom is 0.132 e. The van der Waals surface area contributed by atoms with E-state index < -0.39 is 11.6 Å². The van der Waals surface area contributed by atoms with Gasteiger partial charge in [0.1, 0.15) is 11.6 Å². The molecule has 1 aliphatic carbocycles. The van der Waals surface area contributed by atoms with Gasteiger partial charge in [-0.3, -0.25) is 0 Å². The van der Waals surface area contributed by atoms with Crippen molar-refractivity contribution in [3.63, 3.8) is 0 Å². The number of benzene rings is 2. The maximum absolute atomic E-state index is 14.4. The molecule has 0 unspecified atom stereocenters. The first kappa shape index (κ1) is 17.8. The Labute approximate surface area is 156 Å². The minimum absolute atomic E-state index is 0. The minimum atomic E-state index is -0.463. The smallest absolute Gasteiger partial charge is 0.132 e. The van der Waals surface area contributed by atoms with Gasteiger partial charge in [-0.05, 0) is 42.4 Å². The number of hydrogen-bond acceptors (Lipinski definition) is 0. The number of hydrogen-bond donors (Lipinski definition) is 0. The topological polar surface area (TPSA) is 0 Å². The van der Waals surface area contributed by atoms with E-state index in [0.717, 1.165) is 37.2 Å². The first-order valence-corrected chi connectivity index (χ1v) is 7.60. The fourth-order valence-corrected chi connectivity index (χ4v) is 3.25. The van der Waals surface area contributed by atoms with E-state index in [9.17, 15) is 8.78 Å². The van der Waals surface area contributed by atoms with E-state index in [2.05, 4.69) is 13.0 Å². The molecule has 3 rings (SSSR count). The van der Waals surface area contributed by atoms with Crippen LogP contribution in [-0.2, 0) is 32.7 Å². The van der Waals surface area contributed by atoms with Crippen molar-refractivity contribution in [2.24, 2.45) is 5.92 Å². The second-order valence-corrected chi connectivity index (χ2v) is 6.11. The Bertz CT molecular complexity index is 594. The van der Waals surface area contributed by atoms with Crippen LogP contribution in [0.3, 0.4) is 0 Å². The Balaban J connectivity index is 0.00000176. The van der Waals surface area contributed by atoms with E-state index in [1.165, 1.54) is 12.1 Å². The van der Waals surface area contributed by atoms with Gasteiger partial charge in [0.05, 0.1) is 0 Å². The first-order valence-electron chi connectivity index (χ1n) is 7.60. The SMILES string of the molecule is CC1CCC(c2cc(F)c(-c3cc[c-]cc3)c(F)c2)CC1.[Y]. The zero-order valence-electron chi connectivity index (χ0n) is 12.8. The van der Waals surface area contributed by atoms with Gasteiger partial charge in [0.25, 0.3) is 0 Å². The Hall–Kier alpha value is -0.596. The third-order valence-electron chi connectivity index (χ3n) is 4.56. The van der Waals surface area contributed by atoms with Gasteiger partial charge in [-0.2, -0.15) is 30.3 Å². The molecule has 0 saturated heterocycles. The minimum Gasteiger partial charge on any atom is -0.206 e. The van der Waals surface area contributed by atoms with Gasteiger partial charge in [0, 0.05) is 38.3 Å². The molecule has 0 heterocycles. The predicted octanol–water partition coefficient (Wildman–Crippen LogP) is 5.72. The molecule has 1 fully saturated rings. The molecule has 1 saturated carbocycles. The van der Waals surface area contributed by atoms with Crippen molar-refractivity contribution < 1.29 is 41.5 Å². The number of rotatable bonds is 2. The van der Waals surface area contributed by atoms with Crippen molar-refractivity contribution in [3.8, 4) is 11.1 Å². The van der Waals surface area contributed by atoms with Gasteiger partial charge in [-0.25, -0.2) is 8.78 Å². The molecule has 0 amide bonds. The van der Waals surface area contributed by atoms with Crippen LogP contribution in [0.1, 0.15) is 44.1 Å². The largest absolute Gasteiger partial charge is 0.206 e. The summed E-state index contributed by atoms with van der Waals surface area (Å²) in [5, 5.41) is 0. The summed E-state index contributed by atoms with van der Waals surface area (Å²) >= 11 is 0. The van der Waals surface area contributed by atoms with E-state index in [-0.39, 0.29) is 38.3 Å². The monoisotopic (exact) mass is 374 g/mol. The van der Waals surface area contributed by atoms with E-state index >= 15 is 0 Å². The third-order valence-corrected chi connectivity index (χ3v) is 4.56. The fourth-order valence-electron chi connectivity index (χ4n) is 3.25. The van der Waals surface area contributed by atoms with Crippen LogP contribution in [0.25, 0.3) is 11.1 Å². The first-order chi connectivity index (χ1) is 10.1. The average molecular weight is 374 g/mol. The molecule has 22 heavy (non-hydrogen) atoms. The van der Waals surface area contributed by atoms with Crippen molar-refractivity contribution in [2.45, 2.75) is 38.5 Å². The molecule has 2 aromatic rings. The molecule has 0 bridgehead atoms. The predicted molar refractivity (Wildman–Crippen MR) is 81.0 cm³/mol. The second kappa shape index (κ2) is 7.79. The molecule has 1 aliphatic rings. The molecule has 0 aromatic heterocycles. The van der Waals surface area contributed by atoms with E-state index in [4.69, 9.17) is 0 Å². The van der Waals surface area contributed by atoms with Gasteiger partial charge in [0.2, 0.25) is 0 Å². The van der Waals surface area contributed by atoms with Gasteiger partial charge in [-0.15, -0.1) is 5.56 Å². The zero-order chi connectivity index (χ0) is 14.8. The summed E-state index contributed by atoms with van der Waals surface area (Å²) in [6.45, 7) is 2.24. The number of halogens is 2. The van der Waals surface area contributed by atoms with Crippen molar-refractivity contribution in [2.75, 3.05) is 0 Å². The third kappa shape index (κ3) is 3.83. The van der Waals surface area contributed by atoms with Gasteiger partial charge >= 0.3 is 0 Å². The van der Waals surface area contributed by atoms with Gasteiger partial charge in [0.15, 0.2) is 0 Å². The molecule has 0 spiro atoms. The van der Waals surface area contributed by atoms with Crippen molar-refractivity contribution in [1.82, 2.24) is 0 Å². The molecule has 0 N–H and O–H groups in total. The van der Waals surface area contributed by atoms with Crippen LogP contribution < -0.4 is 0 Å². The van der Waals surface area contributed by atoms with Crippen molar-refractivity contribution in [1.29, 1.82) is 0 Å². The van der Waals surface area contributed by atoms with Gasteiger partial charge in [-0.1, -0.05) is 19.8 Å². The van der Waals surface area contributed by atoms with Crippen LogP contribution in [0.15, 0.2) is 36.4 Å². The summed E-state index contributed by atoms with van der Waals surface area (Å²) in [6.07, 6.45) is 4.34. The summed E-state index contributed by atoms with van der Waals surface area (Å²) in [5.74, 6) is 0.101. The Morgan fingerprint density at radius 1 is 0.955 bits per heavy atom. The zero-order valence-corrected chi connectivity index (χ0v) is 15.6. The maximum atomic E-state index is 14.4. The molecule has 3 heteroatoms. The molecule has 0 atom stereocenters. The van der Waals surface area contributed by atoms with E-state index in [1.807, 2.05) is 0 Å². The van der Waals surface area contributed by atoms with Crippen LogP contribution in [0, 0.1) is 23.6 Å².